The van der Waals surface area contributed by atoms with Gasteiger partial charge in [0.15, 0.2) is 0 Å². The Morgan fingerprint density at radius 1 is 1.38 bits per heavy atom. The van der Waals surface area contributed by atoms with Crippen molar-refractivity contribution in [2.24, 2.45) is 0 Å². The molecule has 0 aliphatic carbocycles. The fourth-order valence-corrected chi connectivity index (χ4v) is 1.54. The Balaban J connectivity index is 2.56. The zero-order valence-corrected chi connectivity index (χ0v) is 10.3. The van der Waals surface area contributed by atoms with Crippen LogP contribution in [0.2, 0.25) is 0 Å². The van der Waals surface area contributed by atoms with Crippen LogP contribution in [0.3, 0.4) is 0 Å². The van der Waals surface area contributed by atoms with Gasteiger partial charge in [-0.1, -0.05) is 12.1 Å². The molecule has 0 radical (unpaired) electrons. The van der Waals surface area contributed by atoms with Crippen LogP contribution in [0, 0.1) is 13.8 Å². The lowest BCUT2D eigenvalue weighted by Gasteiger charge is -2.17. The van der Waals surface area contributed by atoms with E-state index in [1.165, 1.54) is 11.1 Å². The van der Waals surface area contributed by atoms with Crippen LogP contribution in [0.4, 0.5) is 0 Å². The summed E-state index contributed by atoms with van der Waals surface area (Å²) in [6.45, 7) is 4.90. The van der Waals surface area contributed by atoms with Gasteiger partial charge < -0.3 is 15.2 Å². The summed E-state index contributed by atoms with van der Waals surface area (Å²) in [5, 5.41) is 12.0. The summed E-state index contributed by atoms with van der Waals surface area (Å²) in [5.41, 5.74) is 2.42. The molecule has 3 nitrogen and oxygen atoms in total. The number of aliphatic hydroxyl groups excluding tert-OH is 1. The van der Waals surface area contributed by atoms with Crippen molar-refractivity contribution >= 4 is 0 Å². The summed E-state index contributed by atoms with van der Waals surface area (Å²) >= 11 is 0. The largest absolute Gasteiger partial charge is 0.492 e. The minimum atomic E-state index is 0.182. The average molecular weight is 223 g/mol. The second-order valence-corrected chi connectivity index (χ2v) is 4.01. The highest BCUT2D eigenvalue weighted by molar-refractivity contribution is 5.38. The van der Waals surface area contributed by atoms with Gasteiger partial charge in [0.25, 0.3) is 0 Å². The Kier molecular flexibility index (Phi) is 5.29. The minimum absolute atomic E-state index is 0.182. The van der Waals surface area contributed by atoms with E-state index in [-0.39, 0.29) is 12.6 Å². The third-order valence-corrected chi connectivity index (χ3v) is 2.88. The van der Waals surface area contributed by atoms with Gasteiger partial charge in [-0.05, 0) is 44.5 Å². The molecule has 1 rings (SSSR count). The maximum absolute atomic E-state index is 8.87. The molecule has 0 bridgehead atoms. The topological polar surface area (TPSA) is 41.5 Å². The zero-order valence-electron chi connectivity index (χ0n) is 10.3. The van der Waals surface area contributed by atoms with Gasteiger partial charge in [0.05, 0.1) is 0 Å². The minimum Gasteiger partial charge on any atom is -0.492 e. The van der Waals surface area contributed by atoms with Crippen molar-refractivity contribution in [1.82, 2.24) is 5.32 Å². The SMILES string of the molecule is CNC(CCO)COc1cccc(C)c1C. The van der Waals surface area contributed by atoms with Crippen LogP contribution in [0.5, 0.6) is 5.75 Å². The van der Waals surface area contributed by atoms with Crippen LogP contribution >= 0.6 is 0 Å². The molecule has 1 aromatic rings. The van der Waals surface area contributed by atoms with Gasteiger partial charge in [-0.3, -0.25) is 0 Å². The molecule has 90 valence electrons. The Bertz CT molecular complexity index is 326. The molecule has 0 aliphatic rings. The number of aryl methyl sites for hydroxylation is 1. The Morgan fingerprint density at radius 2 is 2.12 bits per heavy atom. The predicted octanol–water partition coefficient (Wildman–Crippen LogP) is 1.65. The highest BCUT2D eigenvalue weighted by atomic mass is 16.5. The smallest absolute Gasteiger partial charge is 0.122 e. The molecule has 1 aromatic carbocycles. The molecule has 0 aliphatic heterocycles. The molecule has 2 N–H and O–H groups in total. The van der Waals surface area contributed by atoms with E-state index in [0.717, 1.165) is 5.75 Å². The first-order chi connectivity index (χ1) is 7.69. The van der Waals surface area contributed by atoms with E-state index in [1.54, 1.807) is 0 Å². The highest BCUT2D eigenvalue weighted by Gasteiger charge is 2.07. The fraction of sp³-hybridized carbons (Fsp3) is 0.538. The lowest BCUT2D eigenvalue weighted by Crippen LogP contribution is -2.32. The summed E-state index contributed by atoms with van der Waals surface area (Å²) < 4.78 is 5.75. The Hall–Kier alpha value is -1.06. The Labute approximate surface area is 97.4 Å². The standard InChI is InChI=1S/C13H21NO2/c1-10-5-4-6-13(11(10)2)16-9-12(14-3)7-8-15/h4-6,12,14-15H,7-9H2,1-3H3. The number of nitrogens with one attached hydrogen (secondary N) is 1. The van der Waals surface area contributed by atoms with Crippen molar-refractivity contribution in [3.05, 3.63) is 29.3 Å². The molecule has 0 saturated heterocycles. The maximum atomic E-state index is 8.87. The van der Waals surface area contributed by atoms with Gasteiger partial charge in [-0.2, -0.15) is 0 Å². The van der Waals surface area contributed by atoms with Gasteiger partial charge in [-0.25, -0.2) is 0 Å². The first-order valence-corrected chi connectivity index (χ1v) is 5.66. The second-order valence-electron chi connectivity index (χ2n) is 4.01. The molecule has 0 saturated carbocycles. The van der Waals surface area contributed by atoms with Crippen LogP contribution in [-0.4, -0.2) is 31.4 Å². The lowest BCUT2D eigenvalue weighted by atomic mass is 10.1. The third-order valence-electron chi connectivity index (χ3n) is 2.88. The molecule has 0 fully saturated rings. The third kappa shape index (κ3) is 3.51. The molecular weight excluding hydrogens is 202 g/mol. The van der Waals surface area contributed by atoms with Crippen molar-refractivity contribution in [3.63, 3.8) is 0 Å². The van der Waals surface area contributed by atoms with E-state index < -0.39 is 0 Å². The van der Waals surface area contributed by atoms with Crippen molar-refractivity contribution in [2.75, 3.05) is 20.3 Å². The van der Waals surface area contributed by atoms with Crippen LogP contribution < -0.4 is 10.1 Å². The lowest BCUT2D eigenvalue weighted by molar-refractivity contribution is 0.218. The quantitative estimate of drug-likeness (QED) is 0.770. The summed E-state index contributed by atoms with van der Waals surface area (Å²) in [6, 6.07) is 6.25. The number of hydrogen-bond acceptors (Lipinski definition) is 3. The molecular formula is C13H21NO2. The zero-order chi connectivity index (χ0) is 12.0. The van der Waals surface area contributed by atoms with E-state index in [9.17, 15) is 0 Å². The molecule has 3 heteroatoms. The van der Waals surface area contributed by atoms with Crippen LogP contribution in [-0.2, 0) is 0 Å². The van der Waals surface area contributed by atoms with Gasteiger partial charge in [0, 0.05) is 12.6 Å². The van der Waals surface area contributed by atoms with E-state index in [2.05, 4.69) is 25.2 Å². The first-order valence-electron chi connectivity index (χ1n) is 5.66. The molecule has 1 unspecified atom stereocenters. The van der Waals surface area contributed by atoms with Gasteiger partial charge in [0.1, 0.15) is 12.4 Å². The number of likely N-dealkylation sites (N-methyl/N-ethyl adjacent to an activating group) is 1. The van der Waals surface area contributed by atoms with Gasteiger partial charge in [0.2, 0.25) is 0 Å². The fourth-order valence-electron chi connectivity index (χ4n) is 1.54. The van der Waals surface area contributed by atoms with E-state index >= 15 is 0 Å². The van der Waals surface area contributed by atoms with E-state index in [4.69, 9.17) is 9.84 Å². The maximum Gasteiger partial charge on any atom is 0.122 e. The average Bonchev–Trinajstić information content (AvgIpc) is 2.29. The van der Waals surface area contributed by atoms with Crippen molar-refractivity contribution in [1.29, 1.82) is 0 Å². The summed E-state index contributed by atoms with van der Waals surface area (Å²) in [7, 11) is 1.88. The predicted molar refractivity (Wildman–Crippen MR) is 66.0 cm³/mol. The van der Waals surface area contributed by atoms with Gasteiger partial charge >= 0.3 is 0 Å². The summed E-state index contributed by atoms with van der Waals surface area (Å²) in [5.74, 6) is 0.929. The number of hydrogen-bond donors (Lipinski definition) is 2. The molecule has 16 heavy (non-hydrogen) atoms. The number of aliphatic hydroxyl groups is 1. The highest BCUT2D eigenvalue weighted by Crippen LogP contribution is 2.20. The van der Waals surface area contributed by atoms with Gasteiger partial charge in [-0.15, -0.1) is 0 Å². The van der Waals surface area contributed by atoms with Crippen molar-refractivity contribution in [2.45, 2.75) is 26.3 Å². The van der Waals surface area contributed by atoms with Crippen LogP contribution in [0.1, 0.15) is 17.5 Å². The Morgan fingerprint density at radius 3 is 2.75 bits per heavy atom. The number of ether oxygens (including phenoxy) is 1. The van der Waals surface area contributed by atoms with Crippen LogP contribution in [0.25, 0.3) is 0 Å². The molecule has 0 spiro atoms. The summed E-state index contributed by atoms with van der Waals surface area (Å²) in [4.78, 5) is 0. The van der Waals surface area contributed by atoms with Crippen molar-refractivity contribution in [3.8, 4) is 5.75 Å². The first kappa shape index (κ1) is 13.0. The van der Waals surface area contributed by atoms with E-state index in [0.29, 0.717) is 13.0 Å². The molecule has 0 aromatic heterocycles. The molecule has 1 atom stereocenters. The monoisotopic (exact) mass is 223 g/mol. The summed E-state index contributed by atoms with van der Waals surface area (Å²) in [6.07, 6.45) is 0.710. The normalized spacial score (nSPS) is 12.5. The van der Waals surface area contributed by atoms with Crippen molar-refractivity contribution < 1.29 is 9.84 Å². The molecule has 0 amide bonds. The molecule has 0 heterocycles. The number of rotatable bonds is 6. The van der Waals surface area contributed by atoms with Crippen LogP contribution in [0.15, 0.2) is 18.2 Å². The van der Waals surface area contributed by atoms with E-state index in [1.807, 2.05) is 19.2 Å². The number of benzene rings is 1. The second kappa shape index (κ2) is 6.51.